The Balaban J connectivity index is 3.15. The maximum atomic E-state index is 12.1. The predicted octanol–water partition coefficient (Wildman–Crippen LogP) is 1.84. The third-order valence-electron chi connectivity index (χ3n) is 2.88. The number of hydrogen-bond donors (Lipinski definition) is 1. The number of rotatable bonds is 6. The summed E-state index contributed by atoms with van der Waals surface area (Å²) in [5.74, 6) is 0.0971. The van der Waals surface area contributed by atoms with Gasteiger partial charge in [0.05, 0.1) is 24.6 Å². The van der Waals surface area contributed by atoms with Gasteiger partial charge in [0.25, 0.3) is 0 Å². The van der Waals surface area contributed by atoms with Gasteiger partial charge in [-0.1, -0.05) is 13.0 Å². The predicted molar refractivity (Wildman–Crippen MR) is 74.4 cm³/mol. The van der Waals surface area contributed by atoms with Gasteiger partial charge in [-0.2, -0.15) is 0 Å². The highest BCUT2D eigenvalue weighted by atomic mass is 32.2. The van der Waals surface area contributed by atoms with Crippen molar-refractivity contribution in [1.82, 2.24) is 0 Å². The molecule has 0 aliphatic heterocycles. The van der Waals surface area contributed by atoms with E-state index in [4.69, 9.17) is 5.11 Å². The summed E-state index contributed by atoms with van der Waals surface area (Å²) < 4.78 is 25.6. The van der Waals surface area contributed by atoms with Gasteiger partial charge in [0.1, 0.15) is 0 Å². The summed E-state index contributed by atoms with van der Waals surface area (Å²) in [7, 11) is -3.34. The van der Waals surface area contributed by atoms with Crippen LogP contribution in [-0.4, -0.2) is 32.4 Å². The van der Waals surface area contributed by atoms with E-state index in [2.05, 4.69) is 0 Å². The van der Waals surface area contributed by atoms with Gasteiger partial charge in [-0.25, -0.2) is 8.42 Å². The molecule has 0 fully saturated rings. The van der Waals surface area contributed by atoms with E-state index in [1.54, 1.807) is 6.07 Å². The first-order valence-electron chi connectivity index (χ1n) is 6.11. The number of aliphatic hydroxyl groups excluding tert-OH is 1. The van der Waals surface area contributed by atoms with Crippen LogP contribution in [0.4, 0.5) is 5.69 Å². The largest absolute Gasteiger partial charge is 0.394 e. The molecule has 0 aliphatic rings. The van der Waals surface area contributed by atoms with Crippen molar-refractivity contribution in [2.75, 3.05) is 23.2 Å². The number of sulfonamides is 1. The van der Waals surface area contributed by atoms with Gasteiger partial charge in [0.15, 0.2) is 0 Å². The molecule has 5 heteroatoms. The monoisotopic (exact) mass is 271 g/mol. The highest BCUT2D eigenvalue weighted by Gasteiger charge is 2.21. The average Bonchev–Trinajstić information content (AvgIpc) is 2.29. The third-order valence-corrected chi connectivity index (χ3v) is 4.87. The van der Waals surface area contributed by atoms with Crippen LogP contribution in [0.25, 0.3) is 0 Å². The maximum absolute atomic E-state index is 12.1. The zero-order valence-electron chi connectivity index (χ0n) is 11.2. The number of aliphatic hydroxyl groups is 1. The van der Waals surface area contributed by atoms with E-state index in [0.717, 1.165) is 11.1 Å². The Hall–Kier alpha value is -1.07. The molecule has 0 aromatic heterocycles. The molecule has 0 amide bonds. The molecule has 0 radical (unpaired) electrons. The molecule has 0 atom stereocenters. The molecular weight excluding hydrogens is 250 g/mol. The van der Waals surface area contributed by atoms with Gasteiger partial charge in [0.2, 0.25) is 10.0 Å². The topological polar surface area (TPSA) is 57.6 Å². The fourth-order valence-electron chi connectivity index (χ4n) is 1.77. The summed E-state index contributed by atoms with van der Waals surface area (Å²) in [6.07, 6.45) is 0.565. The quantitative estimate of drug-likeness (QED) is 0.859. The second-order valence-corrected chi connectivity index (χ2v) is 6.39. The molecule has 0 unspecified atom stereocenters. The molecule has 1 N–H and O–H groups in total. The average molecular weight is 271 g/mol. The Labute approximate surface area is 109 Å². The molecular formula is C13H21NO3S. The molecule has 0 aliphatic carbocycles. The molecule has 1 aromatic carbocycles. The SMILES string of the molecule is CCCS(=O)(=O)N(CCO)c1ccc(C)c(C)c1. The molecule has 0 saturated heterocycles. The minimum absolute atomic E-state index is 0.0971. The second kappa shape index (κ2) is 6.20. The Bertz CT molecular complexity index is 497. The molecule has 0 heterocycles. The van der Waals surface area contributed by atoms with E-state index in [1.807, 2.05) is 32.9 Å². The van der Waals surface area contributed by atoms with E-state index >= 15 is 0 Å². The first-order chi connectivity index (χ1) is 8.42. The first kappa shape index (κ1) is 15.0. The fourth-order valence-corrected chi connectivity index (χ4v) is 3.30. The lowest BCUT2D eigenvalue weighted by molar-refractivity contribution is 0.306. The minimum atomic E-state index is -3.34. The molecule has 0 bridgehead atoms. The van der Waals surface area contributed by atoms with Gasteiger partial charge in [-0.05, 0) is 43.5 Å². The van der Waals surface area contributed by atoms with Gasteiger partial charge < -0.3 is 5.11 Å². The van der Waals surface area contributed by atoms with Gasteiger partial charge in [-0.15, -0.1) is 0 Å². The van der Waals surface area contributed by atoms with Crippen LogP contribution in [0.2, 0.25) is 0 Å². The summed E-state index contributed by atoms with van der Waals surface area (Å²) in [5.41, 5.74) is 2.79. The van der Waals surface area contributed by atoms with Crippen LogP contribution in [0.3, 0.4) is 0 Å². The van der Waals surface area contributed by atoms with E-state index < -0.39 is 10.0 Å². The van der Waals surface area contributed by atoms with Crippen molar-refractivity contribution in [2.45, 2.75) is 27.2 Å². The normalized spacial score (nSPS) is 11.6. The fraction of sp³-hybridized carbons (Fsp3) is 0.538. The number of nitrogens with zero attached hydrogens (tertiary/aromatic N) is 1. The summed E-state index contributed by atoms with van der Waals surface area (Å²) in [4.78, 5) is 0. The van der Waals surface area contributed by atoms with Crippen LogP contribution in [0.5, 0.6) is 0 Å². The van der Waals surface area contributed by atoms with Crippen LogP contribution in [0.15, 0.2) is 18.2 Å². The van der Waals surface area contributed by atoms with E-state index in [9.17, 15) is 8.42 Å². The lowest BCUT2D eigenvalue weighted by Gasteiger charge is -2.24. The Morgan fingerprint density at radius 2 is 1.89 bits per heavy atom. The highest BCUT2D eigenvalue weighted by Crippen LogP contribution is 2.21. The highest BCUT2D eigenvalue weighted by molar-refractivity contribution is 7.92. The summed E-state index contributed by atoms with van der Waals surface area (Å²) >= 11 is 0. The van der Waals surface area contributed by atoms with Crippen molar-refractivity contribution in [3.8, 4) is 0 Å². The van der Waals surface area contributed by atoms with Crippen LogP contribution < -0.4 is 4.31 Å². The lowest BCUT2D eigenvalue weighted by Crippen LogP contribution is -2.35. The van der Waals surface area contributed by atoms with E-state index in [0.29, 0.717) is 12.1 Å². The zero-order chi connectivity index (χ0) is 13.8. The minimum Gasteiger partial charge on any atom is -0.394 e. The van der Waals surface area contributed by atoms with Gasteiger partial charge in [-0.3, -0.25) is 4.31 Å². The standard InChI is InChI=1S/C13H21NO3S/c1-4-9-18(16,17)14(7-8-15)13-6-5-11(2)12(3)10-13/h5-6,10,15H,4,7-9H2,1-3H3. The van der Waals surface area contributed by atoms with Crippen molar-refractivity contribution < 1.29 is 13.5 Å². The van der Waals surface area contributed by atoms with Gasteiger partial charge in [0, 0.05) is 0 Å². The smallest absolute Gasteiger partial charge is 0.235 e. The van der Waals surface area contributed by atoms with Crippen molar-refractivity contribution in [2.24, 2.45) is 0 Å². The van der Waals surface area contributed by atoms with Crippen molar-refractivity contribution in [1.29, 1.82) is 0 Å². The summed E-state index contributed by atoms with van der Waals surface area (Å²) in [6.45, 7) is 5.67. The number of hydrogen-bond acceptors (Lipinski definition) is 3. The van der Waals surface area contributed by atoms with Crippen molar-refractivity contribution in [3.63, 3.8) is 0 Å². The molecule has 1 rings (SSSR count). The van der Waals surface area contributed by atoms with Crippen LogP contribution in [0, 0.1) is 13.8 Å². The Morgan fingerprint density at radius 3 is 2.39 bits per heavy atom. The van der Waals surface area contributed by atoms with Gasteiger partial charge >= 0.3 is 0 Å². The Kier molecular flexibility index (Phi) is 5.16. The molecule has 102 valence electrons. The molecule has 0 saturated carbocycles. The first-order valence-corrected chi connectivity index (χ1v) is 7.71. The third kappa shape index (κ3) is 3.46. The summed E-state index contributed by atoms with van der Waals surface area (Å²) in [6, 6.07) is 5.53. The van der Waals surface area contributed by atoms with Crippen LogP contribution >= 0.6 is 0 Å². The van der Waals surface area contributed by atoms with Crippen LogP contribution in [-0.2, 0) is 10.0 Å². The maximum Gasteiger partial charge on any atom is 0.235 e. The molecule has 4 nitrogen and oxygen atoms in total. The number of aryl methyl sites for hydroxylation is 2. The van der Waals surface area contributed by atoms with E-state index in [1.165, 1.54) is 4.31 Å². The van der Waals surface area contributed by atoms with Crippen molar-refractivity contribution >= 4 is 15.7 Å². The Morgan fingerprint density at radius 1 is 1.22 bits per heavy atom. The lowest BCUT2D eigenvalue weighted by atomic mass is 10.1. The summed E-state index contributed by atoms with van der Waals surface area (Å²) in [5, 5.41) is 9.05. The molecule has 18 heavy (non-hydrogen) atoms. The number of anilines is 1. The van der Waals surface area contributed by atoms with Crippen molar-refractivity contribution in [3.05, 3.63) is 29.3 Å². The zero-order valence-corrected chi connectivity index (χ0v) is 12.0. The molecule has 1 aromatic rings. The number of benzene rings is 1. The molecule has 0 spiro atoms. The van der Waals surface area contributed by atoms with Crippen LogP contribution in [0.1, 0.15) is 24.5 Å². The van der Waals surface area contributed by atoms with E-state index in [-0.39, 0.29) is 18.9 Å². The second-order valence-electron chi connectivity index (χ2n) is 4.38.